The summed E-state index contributed by atoms with van der Waals surface area (Å²) in [7, 11) is 0. The minimum Gasteiger partial charge on any atom is -0.396 e. The summed E-state index contributed by atoms with van der Waals surface area (Å²) in [6.45, 7) is 6.53. The quantitative estimate of drug-likeness (QED) is 0.849. The van der Waals surface area contributed by atoms with Crippen LogP contribution in [0.4, 0.5) is 5.69 Å². The molecule has 0 spiro atoms. The van der Waals surface area contributed by atoms with Gasteiger partial charge in [0.05, 0.1) is 16.9 Å². The van der Waals surface area contributed by atoms with Crippen molar-refractivity contribution in [1.29, 1.82) is 0 Å². The van der Waals surface area contributed by atoms with Crippen LogP contribution >= 0.6 is 0 Å². The molecule has 0 fully saturated rings. The number of carbonyl (C=O) groups is 1. The van der Waals surface area contributed by atoms with E-state index >= 15 is 0 Å². The summed E-state index contributed by atoms with van der Waals surface area (Å²) in [4.78, 5) is 11.8. The molecule has 0 saturated heterocycles. The maximum atomic E-state index is 11.8. The molecule has 3 nitrogen and oxygen atoms in total. The van der Waals surface area contributed by atoms with E-state index in [0.717, 1.165) is 29.9 Å². The molecule has 1 heterocycles. The van der Waals surface area contributed by atoms with Gasteiger partial charge in [-0.15, -0.1) is 0 Å². The van der Waals surface area contributed by atoms with Gasteiger partial charge in [-0.25, -0.2) is 0 Å². The lowest BCUT2D eigenvalue weighted by molar-refractivity contribution is 0.101. The van der Waals surface area contributed by atoms with E-state index < -0.39 is 0 Å². The smallest absolute Gasteiger partial charge is 0.163 e. The van der Waals surface area contributed by atoms with Crippen molar-refractivity contribution in [3.63, 3.8) is 0 Å². The molecule has 0 aliphatic heterocycles. The van der Waals surface area contributed by atoms with Gasteiger partial charge in [0.15, 0.2) is 5.78 Å². The third-order valence-corrected chi connectivity index (χ3v) is 3.41. The molecule has 3 heteroatoms. The molecule has 0 atom stereocenters. The normalized spacial score (nSPS) is 10.7. The molecular weight excluding hydrogens is 236 g/mol. The fourth-order valence-corrected chi connectivity index (χ4v) is 2.62. The molecule has 0 amide bonds. The molecule has 100 valence electrons. The molecule has 1 aromatic heterocycles. The molecule has 19 heavy (non-hydrogen) atoms. The number of aromatic nitrogens is 1. The topological polar surface area (TPSA) is 48.0 Å². The Kier molecular flexibility index (Phi) is 3.74. The van der Waals surface area contributed by atoms with Gasteiger partial charge < -0.3 is 10.3 Å². The molecule has 0 aliphatic rings. The van der Waals surface area contributed by atoms with Crippen molar-refractivity contribution < 1.29 is 4.79 Å². The molecule has 2 aromatic rings. The Balaban J connectivity index is 2.72. The van der Waals surface area contributed by atoms with E-state index in [1.165, 1.54) is 0 Å². The monoisotopic (exact) mass is 256 g/mol. The zero-order valence-electron chi connectivity index (χ0n) is 11.7. The fourth-order valence-electron chi connectivity index (χ4n) is 2.62. The highest BCUT2D eigenvalue weighted by Gasteiger charge is 2.21. The van der Waals surface area contributed by atoms with Crippen LogP contribution in [0.5, 0.6) is 0 Å². The first kappa shape index (κ1) is 13.4. The average molecular weight is 256 g/mol. The lowest BCUT2D eigenvalue weighted by atomic mass is 10.1. The van der Waals surface area contributed by atoms with Crippen molar-refractivity contribution in [2.45, 2.75) is 33.7 Å². The van der Waals surface area contributed by atoms with Crippen molar-refractivity contribution in [3.05, 3.63) is 41.6 Å². The number of benzene rings is 1. The minimum absolute atomic E-state index is 0.0297. The molecule has 0 aliphatic carbocycles. The standard InChI is InChI=1S/C16H20N2O/c1-4-10-18-11(2)14(12(3)19)15(17)16(18)13-8-6-5-7-9-13/h5-9H,4,10,17H2,1-3H3. The number of ketones is 1. The highest BCUT2D eigenvalue weighted by atomic mass is 16.1. The Bertz CT molecular complexity index is 597. The minimum atomic E-state index is 0.0297. The van der Waals surface area contributed by atoms with Crippen LogP contribution in [0.2, 0.25) is 0 Å². The van der Waals surface area contributed by atoms with Crippen LogP contribution in [0.25, 0.3) is 11.3 Å². The summed E-state index contributed by atoms with van der Waals surface area (Å²) in [6, 6.07) is 10.0. The average Bonchev–Trinajstić information content (AvgIpc) is 2.63. The molecule has 1 aromatic carbocycles. The van der Waals surface area contributed by atoms with Gasteiger partial charge in [-0.1, -0.05) is 37.3 Å². The van der Waals surface area contributed by atoms with Gasteiger partial charge in [-0.3, -0.25) is 4.79 Å². The molecular formula is C16H20N2O. The maximum Gasteiger partial charge on any atom is 0.163 e. The first-order valence-electron chi connectivity index (χ1n) is 6.62. The lowest BCUT2D eigenvalue weighted by Gasteiger charge is -2.11. The van der Waals surface area contributed by atoms with Crippen molar-refractivity contribution in [1.82, 2.24) is 4.57 Å². The van der Waals surface area contributed by atoms with E-state index in [-0.39, 0.29) is 5.78 Å². The van der Waals surface area contributed by atoms with Gasteiger partial charge in [-0.05, 0) is 20.3 Å². The molecule has 0 saturated carbocycles. The van der Waals surface area contributed by atoms with Gasteiger partial charge in [0.1, 0.15) is 0 Å². The van der Waals surface area contributed by atoms with Crippen molar-refractivity contribution in [2.75, 3.05) is 5.73 Å². The number of nitrogen functional groups attached to an aromatic ring is 1. The number of nitrogens with two attached hydrogens (primary N) is 1. The zero-order valence-corrected chi connectivity index (χ0v) is 11.7. The van der Waals surface area contributed by atoms with Crippen molar-refractivity contribution in [3.8, 4) is 11.3 Å². The second-order valence-electron chi connectivity index (χ2n) is 4.80. The number of hydrogen-bond acceptors (Lipinski definition) is 2. The number of rotatable bonds is 4. The van der Waals surface area contributed by atoms with Crippen LogP contribution in [0.3, 0.4) is 0 Å². The second-order valence-corrected chi connectivity index (χ2v) is 4.80. The summed E-state index contributed by atoms with van der Waals surface area (Å²) >= 11 is 0. The lowest BCUT2D eigenvalue weighted by Crippen LogP contribution is -2.03. The van der Waals surface area contributed by atoms with Crippen LogP contribution < -0.4 is 5.73 Å². The number of anilines is 1. The van der Waals surface area contributed by atoms with E-state index in [9.17, 15) is 4.79 Å². The molecule has 2 rings (SSSR count). The van der Waals surface area contributed by atoms with Gasteiger partial charge in [0.2, 0.25) is 0 Å². The Morgan fingerprint density at radius 2 is 1.89 bits per heavy atom. The number of Topliss-reactive ketones (excluding diaryl/α,β-unsaturated/α-hetero) is 1. The third-order valence-electron chi connectivity index (χ3n) is 3.41. The van der Waals surface area contributed by atoms with Gasteiger partial charge in [0.25, 0.3) is 0 Å². The number of carbonyl (C=O) groups excluding carboxylic acids is 1. The Morgan fingerprint density at radius 1 is 1.26 bits per heavy atom. The SMILES string of the molecule is CCCn1c(C)c(C(C)=O)c(N)c1-c1ccccc1. The Morgan fingerprint density at radius 3 is 2.42 bits per heavy atom. The first-order valence-corrected chi connectivity index (χ1v) is 6.62. The maximum absolute atomic E-state index is 11.8. The zero-order chi connectivity index (χ0) is 14.0. The summed E-state index contributed by atoms with van der Waals surface area (Å²) in [5, 5.41) is 0. The van der Waals surface area contributed by atoms with Crippen LogP contribution in [0.1, 0.15) is 36.3 Å². The van der Waals surface area contributed by atoms with Crippen molar-refractivity contribution >= 4 is 11.5 Å². The van der Waals surface area contributed by atoms with Crippen molar-refractivity contribution in [2.24, 2.45) is 0 Å². The van der Waals surface area contributed by atoms with Gasteiger partial charge >= 0.3 is 0 Å². The van der Waals surface area contributed by atoms with Crippen LogP contribution in [-0.2, 0) is 6.54 Å². The van der Waals surface area contributed by atoms with Gasteiger partial charge in [-0.2, -0.15) is 0 Å². The molecule has 0 bridgehead atoms. The Labute approximate surface area is 114 Å². The summed E-state index contributed by atoms with van der Waals surface area (Å²) < 4.78 is 2.15. The van der Waals surface area contributed by atoms with E-state index in [2.05, 4.69) is 11.5 Å². The summed E-state index contributed by atoms with van der Waals surface area (Å²) in [6.07, 6.45) is 1.01. The summed E-state index contributed by atoms with van der Waals surface area (Å²) in [5.74, 6) is 0.0297. The highest BCUT2D eigenvalue weighted by molar-refractivity contribution is 6.04. The Hall–Kier alpha value is -2.03. The van der Waals surface area contributed by atoms with Crippen LogP contribution in [0.15, 0.2) is 30.3 Å². The van der Waals surface area contributed by atoms with E-state index in [1.807, 2.05) is 37.3 Å². The first-order chi connectivity index (χ1) is 9.07. The predicted molar refractivity (Wildman–Crippen MR) is 79.3 cm³/mol. The van der Waals surface area contributed by atoms with Crippen LogP contribution in [0, 0.1) is 6.92 Å². The summed E-state index contributed by atoms with van der Waals surface area (Å²) in [5.41, 5.74) is 10.5. The predicted octanol–water partition coefficient (Wildman–Crippen LogP) is 3.66. The van der Waals surface area contributed by atoms with E-state index in [1.54, 1.807) is 6.92 Å². The molecule has 0 radical (unpaired) electrons. The van der Waals surface area contributed by atoms with Crippen LogP contribution in [-0.4, -0.2) is 10.4 Å². The largest absolute Gasteiger partial charge is 0.396 e. The fraction of sp³-hybridized carbons (Fsp3) is 0.312. The van der Waals surface area contributed by atoms with Gasteiger partial charge in [0, 0.05) is 17.8 Å². The second kappa shape index (κ2) is 5.31. The number of hydrogen-bond donors (Lipinski definition) is 1. The third kappa shape index (κ3) is 2.28. The molecule has 2 N–H and O–H groups in total. The van der Waals surface area contributed by atoms with E-state index in [0.29, 0.717) is 11.3 Å². The number of nitrogens with zero attached hydrogens (tertiary/aromatic N) is 1. The highest BCUT2D eigenvalue weighted by Crippen LogP contribution is 2.34. The molecule has 0 unspecified atom stereocenters. The van der Waals surface area contributed by atoms with E-state index in [4.69, 9.17) is 5.73 Å².